The Bertz CT molecular complexity index is 376. The predicted molar refractivity (Wildman–Crippen MR) is 76.5 cm³/mol. The van der Waals surface area contributed by atoms with Crippen LogP contribution in [0.25, 0.3) is 0 Å². The molecule has 0 aromatic heterocycles. The normalized spacial score (nSPS) is 18.5. The summed E-state index contributed by atoms with van der Waals surface area (Å²) < 4.78 is 13.8. The third-order valence-corrected chi connectivity index (χ3v) is 4.12. The van der Waals surface area contributed by atoms with Crippen LogP contribution < -0.4 is 5.32 Å². The van der Waals surface area contributed by atoms with Crippen LogP contribution in [0.5, 0.6) is 0 Å². The van der Waals surface area contributed by atoms with E-state index in [4.69, 9.17) is 0 Å². The monoisotopic (exact) mass is 348 g/mol. The second-order valence-corrected chi connectivity index (χ2v) is 5.87. The van der Waals surface area contributed by atoms with E-state index in [-0.39, 0.29) is 5.82 Å². The van der Waals surface area contributed by atoms with Crippen LogP contribution in [0.15, 0.2) is 18.2 Å². The molecule has 1 aromatic rings. The maximum Gasteiger partial charge on any atom is 0.136 e. The number of benzene rings is 1. The first-order chi connectivity index (χ1) is 8.15. The van der Waals surface area contributed by atoms with Gasteiger partial charge in [-0.25, -0.2) is 4.39 Å². The van der Waals surface area contributed by atoms with E-state index in [0.29, 0.717) is 9.61 Å². The molecule has 0 bridgehead atoms. The van der Waals surface area contributed by atoms with Crippen molar-refractivity contribution < 1.29 is 4.39 Å². The van der Waals surface area contributed by atoms with E-state index in [9.17, 15) is 4.39 Å². The van der Waals surface area contributed by atoms with Gasteiger partial charge in [-0.15, -0.1) is 0 Å². The summed E-state index contributed by atoms with van der Waals surface area (Å²) in [6, 6.07) is 5.93. The lowest BCUT2D eigenvalue weighted by Crippen LogP contribution is -2.40. The predicted octanol–water partition coefficient (Wildman–Crippen LogP) is 2.61. The zero-order valence-corrected chi connectivity index (χ0v) is 12.2. The highest BCUT2D eigenvalue weighted by Crippen LogP contribution is 2.14. The molecule has 1 fully saturated rings. The van der Waals surface area contributed by atoms with Gasteiger partial charge in [0.2, 0.25) is 0 Å². The summed E-state index contributed by atoms with van der Waals surface area (Å²) in [7, 11) is 2.17. The SMILES string of the molecule is CN1CCC(NCc2ccc(F)c(I)c2)CC1. The quantitative estimate of drug-likeness (QED) is 0.845. The van der Waals surface area contributed by atoms with E-state index in [1.165, 1.54) is 25.9 Å². The molecule has 94 valence electrons. The first-order valence-electron chi connectivity index (χ1n) is 6.01. The molecule has 0 unspecified atom stereocenters. The molecular formula is C13H18FIN2. The fraction of sp³-hybridized carbons (Fsp3) is 0.538. The van der Waals surface area contributed by atoms with Crippen molar-refractivity contribution in [2.75, 3.05) is 20.1 Å². The molecule has 0 amide bonds. The number of nitrogens with one attached hydrogen (secondary N) is 1. The minimum absolute atomic E-state index is 0.131. The Morgan fingerprint density at radius 2 is 2.12 bits per heavy atom. The zero-order valence-electron chi connectivity index (χ0n) is 10.0. The number of hydrogen-bond acceptors (Lipinski definition) is 2. The highest BCUT2D eigenvalue weighted by molar-refractivity contribution is 14.1. The number of halogens is 2. The van der Waals surface area contributed by atoms with Crippen LogP contribution in [0.3, 0.4) is 0 Å². The van der Waals surface area contributed by atoms with Gasteiger partial charge in [0.05, 0.1) is 0 Å². The van der Waals surface area contributed by atoms with Gasteiger partial charge in [-0.3, -0.25) is 0 Å². The van der Waals surface area contributed by atoms with E-state index >= 15 is 0 Å². The molecule has 17 heavy (non-hydrogen) atoms. The van der Waals surface area contributed by atoms with Crippen molar-refractivity contribution in [1.82, 2.24) is 10.2 Å². The van der Waals surface area contributed by atoms with Gasteiger partial charge in [-0.2, -0.15) is 0 Å². The molecule has 4 heteroatoms. The zero-order chi connectivity index (χ0) is 12.3. The molecule has 1 saturated heterocycles. The summed E-state index contributed by atoms with van der Waals surface area (Å²) in [5.41, 5.74) is 1.16. The first-order valence-corrected chi connectivity index (χ1v) is 7.09. The van der Waals surface area contributed by atoms with Crippen LogP contribution in [0.1, 0.15) is 18.4 Å². The van der Waals surface area contributed by atoms with Crippen LogP contribution in [-0.2, 0) is 6.54 Å². The molecule has 0 atom stereocenters. The summed E-state index contributed by atoms with van der Waals surface area (Å²) in [4.78, 5) is 2.36. The van der Waals surface area contributed by atoms with Crippen molar-refractivity contribution in [3.63, 3.8) is 0 Å². The van der Waals surface area contributed by atoms with Gasteiger partial charge in [-0.1, -0.05) is 6.07 Å². The van der Waals surface area contributed by atoms with Crippen LogP contribution in [0.2, 0.25) is 0 Å². The Balaban J connectivity index is 1.83. The fourth-order valence-corrected chi connectivity index (χ4v) is 2.70. The molecule has 2 rings (SSSR count). The van der Waals surface area contributed by atoms with Crippen LogP contribution >= 0.6 is 22.6 Å². The number of rotatable bonds is 3. The third kappa shape index (κ3) is 3.89. The fourth-order valence-electron chi connectivity index (χ4n) is 2.12. The van der Waals surface area contributed by atoms with Crippen molar-refractivity contribution in [2.45, 2.75) is 25.4 Å². The molecule has 0 saturated carbocycles. The third-order valence-electron chi connectivity index (χ3n) is 3.30. The van der Waals surface area contributed by atoms with Gasteiger partial charge >= 0.3 is 0 Å². The van der Waals surface area contributed by atoms with Crippen LogP contribution in [0, 0.1) is 9.39 Å². The highest BCUT2D eigenvalue weighted by Gasteiger charge is 2.15. The van der Waals surface area contributed by atoms with Crippen molar-refractivity contribution in [2.24, 2.45) is 0 Å². The number of piperidine rings is 1. The van der Waals surface area contributed by atoms with E-state index in [1.54, 1.807) is 6.07 Å². The molecule has 1 aromatic carbocycles. The summed E-state index contributed by atoms with van der Waals surface area (Å²) >= 11 is 2.04. The summed E-state index contributed by atoms with van der Waals surface area (Å²) in [6.45, 7) is 3.17. The smallest absolute Gasteiger partial charge is 0.136 e. The Morgan fingerprint density at radius 1 is 1.41 bits per heavy atom. The van der Waals surface area contributed by atoms with E-state index in [1.807, 2.05) is 34.7 Å². The Kier molecular flexibility index (Phi) is 4.76. The molecule has 0 aliphatic carbocycles. The summed E-state index contributed by atoms with van der Waals surface area (Å²) in [5.74, 6) is -0.131. The lowest BCUT2D eigenvalue weighted by molar-refractivity contribution is 0.234. The molecule has 2 nitrogen and oxygen atoms in total. The van der Waals surface area contributed by atoms with Crippen LogP contribution in [0.4, 0.5) is 4.39 Å². The Morgan fingerprint density at radius 3 is 2.76 bits per heavy atom. The molecule has 1 N–H and O–H groups in total. The maximum absolute atomic E-state index is 13.1. The average molecular weight is 348 g/mol. The van der Waals surface area contributed by atoms with Gasteiger partial charge in [0.1, 0.15) is 5.82 Å². The topological polar surface area (TPSA) is 15.3 Å². The number of hydrogen-bond donors (Lipinski definition) is 1. The Hall–Kier alpha value is -0.200. The van der Waals surface area contributed by atoms with Gasteiger partial charge in [0, 0.05) is 16.2 Å². The van der Waals surface area contributed by atoms with Gasteiger partial charge in [0.25, 0.3) is 0 Å². The molecule has 0 spiro atoms. The average Bonchev–Trinajstić information content (AvgIpc) is 2.33. The first kappa shape index (κ1) is 13.2. The molecule has 1 heterocycles. The number of likely N-dealkylation sites (tertiary alicyclic amines) is 1. The van der Waals surface area contributed by atoms with E-state index in [0.717, 1.165) is 12.1 Å². The lowest BCUT2D eigenvalue weighted by atomic mass is 10.1. The largest absolute Gasteiger partial charge is 0.310 e. The van der Waals surface area contributed by atoms with Crippen molar-refractivity contribution >= 4 is 22.6 Å². The molecular weight excluding hydrogens is 330 g/mol. The van der Waals surface area contributed by atoms with Crippen molar-refractivity contribution in [3.05, 3.63) is 33.1 Å². The second kappa shape index (κ2) is 6.11. The number of nitrogens with zero attached hydrogens (tertiary/aromatic N) is 1. The van der Waals surface area contributed by atoms with Gasteiger partial charge < -0.3 is 10.2 Å². The van der Waals surface area contributed by atoms with E-state index < -0.39 is 0 Å². The van der Waals surface area contributed by atoms with Crippen LogP contribution in [-0.4, -0.2) is 31.1 Å². The minimum Gasteiger partial charge on any atom is -0.310 e. The second-order valence-electron chi connectivity index (χ2n) is 4.71. The standard InChI is InChI=1S/C13H18FIN2/c1-17-6-4-11(5-7-17)16-9-10-2-3-12(14)13(15)8-10/h2-3,8,11,16H,4-7,9H2,1H3. The molecule has 1 aliphatic rings. The highest BCUT2D eigenvalue weighted by atomic mass is 127. The molecule has 0 radical (unpaired) electrons. The van der Waals surface area contributed by atoms with Crippen molar-refractivity contribution in [1.29, 1.82) is 0 Å². The molecule has 1 aliphatic heterocycles. The minimum atomic E-state index is -0.131. The van der Waals surface area contributed by atoms with Crippen molar-refractivity contribution in [3.8, 4) is 0 Å². The summed E-state index contributed by atoms with van der Waals surface area (Å²) in [5, 5.41) is 3.55. The Labute approximate surface area is 116 Å². The maximum atomic E-state index is 13.1. The van der Waals surface area contributed by atoms with E-state index in [2.05, 4.69) is 17.3 Å². The van der Waals surface area contributed by atoms with Gasteiger partial charge in [-0.05, 0) is 73.3 Å². The summed E-state index contributed by atoms with van der Waals surface area (Å²) in [6.07, 6.45) is 2.41. The lowest BCUT2D eigenvalue weighted by Gasteiger charge is -2.29. The van der Waals surface area contributed by atoms with Gasteiger partial charge in [0.15, 0.2) is 0 Å².